The van der Waals surface area contributed by atoms with Gasteiger partial charge in [0, 0.05) is 12.3 Å². The summed E-state index contributed by atoms with van der Waals surface area (Å²) in [6, 6.07) is 3.25. The van der Waals surface area contributed by atoms with Crippen molar-refractivity contribution in [2.75, 3.05) is 5.73 Å². The molecule has 8 heteroatoms. The van der Waals surface area contributed by atoms with Gasteiger partial charge in [-0.15, -0.1) is 0 Å². The smallest absolute Gasteiger partial charge is 0.338 e. The Morgan fingerprint density at radius 1 is 1.37 bits per heavy atom. The van der Waals surface area contributed by atoms with Crippen LogP contribution in [0.3, 0.4) is 0 Å². The van der Waals surface area contributed by atoms with Gasteiger partial charge < -0.3 is 16.6 Å². The van der Waals surface area contributed by atoms with Crippen molar-refractivity contribution in [1.82, 2.24) is 9.78 Å². The van der Waals surface area contributed by atoms with Gasteiger partial charge in [0.25, 0.3) is 5.91 Å². The van der Waals surface area contributed by atoms with E-state index in [2.05, 4.69) is 5.10 Å². The third-order valence-corrected chi connectivity index (χ3v) is 2.44. The van der Waals surface area contributed by atoms with Crippen molar-refractivity contribution in [3.8, 4) is 5.69 Å². The van der Waals surface area contributed by atoms with E-state index in [1.165, 1.54) is 12.3 Å². The number of hydrogen-bond donors (Lipinski definition) is 3. The van der Waals surface area contributed by atoms with E-state index in [9.17, 15) is 14.0 Å². The highest BCUT2D eigenvalue weighted by Gasteiger charge is 2.15. The monoisotopic (exact) mass is 264 g/mol. The van der Waals surface area contributed by atoms with Crippen LogP contribution in [0.15, 0.2) is 24.4 Å². The number of carbonyl (C=O) groups excluding carboxylic acids is 1. The second-order valence-electron chi connectivity index (χ2n) is 3.71. The lowest BCUT2D eigenvalue weighted by Crippen LogP contribution is -2.13. The quantitative estimate of drug-likeness (QED) is 0.691. The van der Waals surface area contributed by atoms with Crippen LogP contribution in [0.2, 0.25) is 0 Å². The average molecular weight is 264 g/mol. The number of hydrogen-bond acceptors (Lipinski definition) is 4. The first-order valence-corrected chi connectivity index (χ1v) is 5.08. The van der Waals surface area contributed by atoms with Crippen LogP contribution in [-0.2, 0) is 0 Å². The number of amides is 1. The van der Waals surface area contributed by atoms with Gasteiger partial charge in [0.15, 0.2) is 0 Å². The minimum Gasteiger partial charge on any atom is -0.478 e. The second-order valence-corrected chi connectivity index (χ2v) is 3.71. The molecule has 2 aromatic rings. The number of rotatable bonds is 3. The molecular formula is C11H9FN4O3. The van der Waals surface area contributed by atoms with E-state index < -0.39 is 23.3 Å². The predicted octanol–water partition coefficient (Wildman–Crippen LogP) is 0.391. The highest BCUT2D eigenvalue weighted by molar-refractivity contribution is 5.91. The molecule has 0 aliphatic heterocycles. The summed E-state index contributed by atoms with van der Waals surface area (Å²) in [6.07, 6.45) is 1.37. The molecular weight excluding hydrogens is 255 g/mol. The van der Waals surface area contributed by atoms with Crippen molar-refractivity contribution >= 4 is 17.6 Å². The van der Waals surface area contributed by atoms with Crippen molar-refractivity contribution < 1.29 is 19.1 Å². The molecule has 98 valence electrons. The zero-order valence-electron chi connectivity index (χ0n) is 9.50. The molecule has 1 aromatic carbocycles. The van der Waals surface area contributed by atoms with E-state index in [0.29, 0.717) is 0 Å². The fourth-order valence-electron chi connectivity index (χ4n) is 1.53. The Morgan fingerprint density at radius 3 is 2.58 bits per heavy atom. The van der Waals surface area contributed by atoms with Crippen LogP contribution in [0, 0.1) is 5.82 Å². The molecule has 1 amide bonds. The minimum atomic E-state index is -1.42. The summed E-state index contributed by atoms with van der Waals surface area (Å²) in [5.41, 5.74) is 10.3. The highest BCUT2D eigenvalue weighted by Crippen LogP contribution is 2.21. The van der Waals surface area contributed by atoms with Gasteiger partial charge in [-0.05, 0) is 12.1 Å². The molecule has 0 atom stereocenters. The molecule has 2 rings (SSSR count). The number of carboxylic acids is 1. The molecule has 0 radical (unpaired) electrons. The largest absolute Gasteiger partial charge is 0.478 e. The van der Waals surface area contributed by atoms with Crippen LogP contribution in [0.25, 0.3) is 5.69 Å². The van der Waals surface area contributed by atoms with E-state index in [0.717, 1.165) is 16.8 Å². The molecule has 19 heavy (non-hydrogen) atoms. The number of nitrogens with zero attached hydrogens (tertiary/aromatic N) is 2. The molecule has 7 nitrogen and oxygen atoms in total. The Balaban J connectivity index is 2.53. The zero-order valence-corrected chi connectivity index (χ0v) is 9.50. The third-order valence-electron chi connectivity index (χ3n) is 2.44. The summed E-state index contributed by atoms with van der Waals surface area (Å²) in [6.45, 7) is 0. The lowest BCUT2D eigenvalue weighted by molar-refractivity contribution is 0.0691. The fourth-order valence-corrected chi connectivity index (χ4v) is 1.53. The number of aromatic carboxylic acids is 1. The normalized spacial score (nSPS) is 10.4. The van der Waals surface area contributed by atoms with Gasteiger partial charge in [-0.25, -0.2) is 13.9 Å². The number of carboxylic acid groups (broad SMARTS) is 1. The molecule has 1 aromatic heterocycles. The maximum atomic E-state index is 13.6. The Kier molecular flexibility index (Phi) is 2.91. The molecule has 0 spiro atoms. The molecule has 0 saturated carbocycles. The minimum absolute atomic E-state index is 0.0119. The van der Waals surface area contributed by atoms with Crippen LogP contribution < -0.4 is 11.5 Å². The van der Waals surface area contributed by atoms with E-state index in [1.54, 1.807) is 0 Å². The molecule has 0 unspecified atom stereocenters. The van der Waals surface area contributed by atoms with Crippen LogP contribution >= 0.6 is 0 Å². The van der Waals surface area contributed by atoms with Crippen LogP contribution in [0.4, 0.5) is 10.1 Å². The Labute approximate surface area is 106 Å². The Hall–Kier alpha value is -2.90. The average Bonchev–Trinajstić information content (AvgIpc) is 2.80. The van der Waals surface area contributed by atoms with Crippen molar-refractivity contribution in [2.45, 2.75) is 0 Å². The summed E-state index contributed by atoms with van der Waals surface area (Å²) in [7, 11) is 0. The molecule has 0 aliphatic rings. The van der Waals surface area contributed by atoms with Gasteiger partial charge in [-0.1, -0.05) is 0 Å². The molecule has 5 N–H and O–H groups in total. The van der Waals surface area contributed by atoms with Crippen LogP contribution in [0.1, 0.15) is 20.8 Å². The van der Waals surface area contributed by atoms with Gasteiger partial charge in [-0.2, -0.15) is 5.10 Å². The number of nitrogen functional groups attached to an aromatic ring is 1. The van der Waals surface area contributed by atoms with Crippen molar-refractivity contribution in [2.24, 2.45) is 5.73 Å². The predicted molar refractivity (Wildman–Crippen MR) is 63.4 cm³/mol. The van der Waals surface area contributed by atoms with Gasteiger partial charge in [0.2, 0.25) is 0 Å². The van der Waals surface area contributed by atoms with Crippen LogP contribution in [-0.4, -0.2) is 26.8 Å². The molecule has 1 heterocycles. The first kappa shape index (κ1) is 12.6. The lowest BCUT2D eigenvalue weighted by Gasteiger charge is -2.07. The fraction of sp³-hybridized carbons (Fsp3) is 0. The zero-order chi connectivity index (χ0) is 14.2. The summed E-state index contributed by atoms with van der Waals surface area (Å²) in [4.78, 5) is 21.6. The van der Waals surface area contributed by atoms with Crippen molar-refractivity contribution in [1.29, 1.82) is 0 Å². The number of nitrogens with two attached hydrogens (primary N) is 2. The Morgan fingerprint density at radius 2 is 2.05 bits per heavy atom. The maximum Gasteiger partial charge on any atom is 0.338 e. The highest BCUT2D eigenvalue weighted by atomic mass is 19.1. The Bertz CT molecular complexity index is 681. The third kappa shape index (κ3) is 2.23. The summed E-state index contributed by atoms with van der Waals surface area (Å²) in [5, 5.41) is 12.6. The molecule has 0 aliphatic carbocycles. The van der Waals surface area contributed by atoms with Crippen molar-refractivity contribution in [3.05, 3.63) is 41.5 Å². The van der Waals surface area contributed by atoms with Gasteiger partial charge in [0.05, 0.1) is 16.9 Å². The van der Waals surface area contributed by atoms with E-state index in [-0.39, 0.29) is 17.1 Å². The molecule has 0 bridgehead atoms. The second kappa shape index (κ2) is 4.41. The summed E-state index contributed by atoms with van der Waals surface area (Å²) >= 11 is 0. The maximum absolute atomic E-state index is 13.6. The van der Waals surface area contributed by atoms with E-state index in [1.807, 2.05) is 0 Å². The topological polar surface area (TPSA) is 124 Å². The number of aromatic nitrogens is 2. The number of benzene rings is 1. The summed E-state index contributed by atoms with van der Waals surface area (Å²) in [5.74, 6) is -3.11. The number of carbonyl (C=O) groups is 2. The number of halogens is 1. The first-order chi connectivity index (χ1) is 8.90. The van der Waals surface area contributed by atoms with Crippen molar-refractivity contribution in [3.63, 3.8) is 0 Å². The van der Waals surface area contributed by atoms with E-state index >= 15 is 0 Å². The standard InChI is InChI=1S/C11H9FN4O3/c12-6-4-9(7(13)3-5(6)11(18)19)16-2-1-8(15-16)10(14)17/h1-4H,13H2,(H2,14,17)(H,18,19). The van der Waals surface area contributed by atoms with E-state index in [4.69, 9.17) is 16.6 Å². The van der Waals surface area contributed by atoms with Crippen LogP contribution in [0.5, 0.6) is 0 Å². The number of anilines is 1. The summed E-state index contributed by atoms with van der Waals surface area (Å²) < 4.78 is 14.7. The molecule has 0 fully saturated rings. The molecule has 0 saturated heterocycles. The first-order valence-electron chi connectivity index (χ1n) is 5.08. The van der Waals surface area contributed by atoms with Gasteiger partial charge >= 0.3 is 5.97 Å². The van der Waals surface area contributed by atoms with Gasteiger partial charge in [-0.3, -0.25) is 4.79 Å². The van der Waals surface area contributed by atoms with Gasteiger partial charge in [0.1, 0.15) is 11.5 Å². The lowest BCUT2D eigenvalue weighted by atomic mass is 10.1. The number of primary amides is 1. The SMILES string of the molecule is NC(=O)c1ccn(-c2cc(F)c(C(=O)O)cc2N)n1.